The predicted molar refractivity (Wildman–Crippen MR) is 174 cm³/mol. The van der Waals surface area contributed by atoms with Crippen LogP contribution in [-0.4, -0.2) is 57.8 Å². The van der Waals surface area contributed by atoms with Gasteiger partial charge in [-0.3, -0.25) is 0 Å². The molecule has 0 saturated carbocycles. The molecule has 2 aromatic carbocycles. The molecule has 0 aliphatic rings. The fraction of sp³-hybridized carbons (Fsp3) is 0.429. The Morgan fingerprint density at radius 2 is 1.19 bits per heavy atom. The zero-order valence-corrected chi connectivity index (χ0v) is 26.8. The molecule has 0 aliphatic heterocycles. The van der Waals surface area contributed by atoms with Crippen LogP contribution in [0.1, 0.15) is 76.3 Å². The second-order valence-corrected chi connectivity index (χ2v) is 12.9. The lowest BCUT2D eigenvalue weighted by Crippen LogP contribution is -2.25. The van der Waals surface area contributed by atoms with E-state index in [1.165, 1.54) is 6.26 Å². The van der Waals surface area contributed by atoms with Crippen molar-refractivity contribution in [1.82, 2.24) is 4.90 Å². The summed E-state index contributed by atoms with van der Waals surface area (Å²) in [5, 5.41) is 0. The van der Waals surface area contributed by atoms with Crippen LogP contribution in [-0.2, 0) is 28.9 Å². The van der Waals surface area contributed by atoms with Crippen LogP contribution in [0.2, 0.25) is 0 Å². The second kappa shape index (κ2) is 18.8. The van der Waals surface area contributed by atoms with Gasteiger partial charge in [0, 0.05) is 36.2 Å². The minimum atomic E-state index is -3.27. The highest BCUT2D eigenvalue weighted by atomic mass is 32.2. The normalized spacial score (nSPS) is 11.6. The number of nitrogens with zero attached hydrogens (tertiary/aromatic N) is 1. The Balaban J connectivity index is 2.11. The highest BCUT2D eigenvalue weighted by molar-refractivity contribution is 7.90. The molecule has 0 atom stereocenters. The monoisotopic (exact) mass is 609 g/mol. The van der Waals surface area contributed by atoms with Gasteiger partial charge in [-0.05, 0) is 81.7 Å². The molecule has 8 heteroatoms. The SMILES string of the molecule is C=C(C)C(=O)OCCCCCCN(CCCCCCOC(=O)C(=C)C)C(=Cc1ccc(S(C)(=O)=O)cc1)c1ccccc1. The van der Waals surface area contributed by atoms with E-state index >= 15 is 0 Å². The van der Waals surface area contributed by atoms with Gasteiger partial charge in [0.2, 0.25) is 0 Å². The molecule has 0 aliphatic carbocycles. The third-order valence-corrected chi connectivity index (χ3v) is 7.96. The smallest absolute Gasteiger partial charge is 0.333 e. The van der Waals surface area contributed by atoms with Crippen LogP contribution in [0, 0.1) is 0 Å². The molecule has 2 rings (SSSR count). The van der Waals surface area contributed by atoms with Gasteiger partial charge >= 0.3 is 11.9 Å². The van der Waals surface area contributed by atoms with Crippen LogP contribution in [0.5, 0.6) is 0 Å². The van der Waals surface area contributed by atoms with E-state index in [4.69, 9.17) is 9.47 Å². The molecule has 0 unspecified atom stereocenters. The Bertz CT molecular complexity index is 1290. The van der Waals surface area contributed by atoms with Crippen molar-refractivity contribution in [3.05, 3.63) is 90.0 Å². The van der Waals surface area contributed by atoms with Crippen LogP contribution in [0.15, 0.2) is 83.8 Å². The van der Waals surface area contributed by atoms with Gasteiger partial charge in [0.05, 0.1) is 18.1 Å². The lowest BCUT2D eigenvalue weighted by Gasteiger charge is -2.28. The number of carbonyl (C=O) groups excluding carboxylic acids is 2. The topological polar surface area (TPSA) is 90.0 Å². The number of unbranched alkanes of at least 4 members (excludes halogenated alkanes) is 6. The van der Waals surface area contributed by atoms with Gasteiger partial charge in [0.15, 0.2) is 9.84 Å². The van der Waals surface area contributed by atoms with Gasteiger partial charge in [0.25, 0.3) is 0 Å². The molecule has 0 fully saturated rings. The molecule has 0 saturated heterocycles. The first kappa shape index (κ1) is 35.5. The Kier molecular flexibility index (Phi) is 15.5. The minimum absolute atomic E-state index is 0.297. The molecule has 234 valence electrons. The van der Waals surface area contributed by atoms with Crippen molar-refractivity contribution in [3.63, 3.8) is 0 Å². The minimum Gasteiger partial charge on any atom is -0.462 e. The molecule has 0 bridgehead atoms. The van der Waals surface area contributed by atoms with Crippen molar-refractivity contribution in [2.75, 3.05) is 32.6 Å². The summed E-state index contributed by atoms with van der Waals surface area (Å²) in [5.41, 5.74) is 3.92. The Morgan fingerprint density at radius 1 is 0.721 bits per heavy atom. The molecular formula is C35H47NO6S. The molecular weight excluding hydrogens is 562 g/mol. The van der Waals surface area contributed by atoms with E-state index in [9.17, 15) is 18.0 Å². The maximum absolute atomic E-state index is 12.0. The first-order valence-electron chi connectivity index (χ1n) is 15.0. The number of benzene rings is 2. The number of hydrogen-bond acceptors (Lipinski definition) is 7. The van der Waals surface area contributed by atoms with Crippen LogP contribution < -0.4 is 0 Å². The fourth-order valence-corrected chi connectivity index (χ4v) is 5.01. The standard InChI is InChI=1S/C35H47NO6S/c1-28(2)34(37)41-25-15-8-6-13-23-36(24-14-7-9-16-26-42-35(38)29(3)4)33(31-17-11-10-12-18-31)27-30-19-21-32(22-20-30)43(5,39)40/h10-12,17-22,27H,1,3,6-9,13-16,23-26H2,2,4-5H3. The number of sulfone groups is 1. The average Bonchev–Trinajstić information content (AvgIpc) is 2.97. The molecule has 0 heterocycles. The summed E-state index contributed by atoms with van der Waals surface area (Å²) < 4.78 is 34.4. The summed E-state index contributed by atoms with van der Waals surface area (Å²) in [7, 11) is -3.27. The zero-order valence-electron chi connectivity index (χ0n) is 26.0. The Morgan fingerprint density at radius 3 is 1.63 bits per heavy atom. The first-order chi connectivity index (χ1) is 20.5. The molecule has 0 aromatic heterocycles. The second-order valence-electron chi connectivity index (χ2n) is 10.9. The van der Waals surface area contributed by atoms with Gasteiger partial charge in [0.1, 0.15) is 0 Å². The third-order valence-electron chi connectivity index (χ3n) is 6.83. The maximum Gasteiger partial charge on any atom is 0.333 e. The van der Waals surface area contributed by atoms with Crippen LogP contribution in [0.3, 0.4) is 0 Å². The predicted octanol–water partition coefficient (Wildman–Crippen LogP) is 7.25. The quantitative estimate of drug-likeness (QED) is 0.0676. The fourth-order valence-electron chi connectivity index (χ4n) is 4.38. The lowest BCUT2D eigenvalue weighted by atomic mass is 10.1. The van der Waals surface area contributed by atoms with E-state index in [1.807, 2.05) is 30.3 Å². The molecule has 0 amide bonds. The molecule has 0 spiro atoms. The molecule has 0 N–H and O–H groups in total. The van der Waals surface area contributed by atoms with Gasteiger partial charge in [-0.25, -0.2) is 18.0 Å². The lowest BCUT2D eigenvalue weighted by molar-refractivity contribution is -0.139. The highest BCUT2D eigenvalue weighted by Crippen LogP contribution is 2.25. The highest BCUT2D eigenvalue weighted by Gasteiger charge is 2.13. The molecule has 0 radical (unpaired) electrons. The first-order valence-corrected chi connectivity index (χ1v) is 16.9. The number of hydrogen-bond donors (Lipinski definition) is 0. The van der Waals surface area contributed by atoms with E-state index in [1.54, 1.807) is 26.0 Å². The van der Waals surface area contributed by atoms with Gasteiger partial charge in [-0.15, -0.1) is 0 Å². The summed E-state index contributed by atoms with van der Waals surface area (Å²) in [6, 6.07) is 17.2. The van der Waals surface area contributed by atoms with Crippen molar-refractivity contribution < 1.29 is 27.5 Å². The largest absolute Gasteiger partial charge is 0.462 e. The van der Waals surface area contributed by atoms with Crippen molar-refractivity contribution in [3.8, 4) is 0 Å². The number of esters is 2. The van der Waals surface area contributed by atoms with Crippen molar-refractivity contribution in [2.45, 2.75) is 70.1 Å². The summed E-state index contributed by atoms with van der Waals surface area (Å²) in [6.45, 7) is 13.0. The third kappa shape index (κ3) is 13.9. The van der Waals surface area contributed by atoms with Gasteiger partial charge < -0.3 is 14.4 Å². The molecule has 43 heavy (non-hydrogen) atoms. The average molecular weight is 610 g/mol. The van der Waals surface area contributed by atoms with Crippen LogP contribution >= 0.6 is 0 Å². The van der Waals surface area contributed by atoms with Gasteiger partial charge in [-0.2, -0.15) is 0 Å². The number of carbonyl (C=O) groups is 2. The van der Waals surface area contributed by atoms with Crippen LogP contribution in [0.25, 0.3) is 11.8 Å². The van der Waals surface area contributed by atoms with Gasteiger partial charge in [-0.1, -0.05) is 68.5 Å². The summed E-state index contributed by atoms with van der Waals surface area (Å²) in [4.78, 5) is 25.9. The maximum atomic E-state index is 12.0. The van der Waals surface area contributed by atoms with E-state index in [0.717, 1.165) is 81.3 Å². The van der Waals surface area contributed by atoms with Crippen molar-refractivity contribution >= 4 is 33.5 Å². The summed E-state index contributed by atoms with van der Waals surface area (Å²) in [5.74, 6) is -0.690. The Hall–Kier alpha value is -3.65. The Labute approximate surface area is 258 Å². The van der Waals surface area contributed by atoms with Crippen molar-refractivity contribution in [2.24, 2.45) is 0 Å². The molecule has 7 nitrogen and oxygen atoms in total. The van der Waals surface area contributed by atoms with Crippen molar-refractivity contribution in [1.29, 1.82) is 0 Å². The van der Waals surface area contributed by atoms with E-state index in [0.29, 0.717) is 29.3 Å². The molecule has 2 aromatic rings. The van der Waals surface area contributed by atoms with E-state index in [2.05, 4.69) is 36.3 Å². The summed E-state index contributed by atoms with van der Waals surface area (Å²) in [6.07, 6.45) is 10.8. The van der Waals surface area contributed by atoms with E-state index in [-0.39, 0.29) is 11.9 Å². The summed E-state index contributed by atoms with van der Waals surface area (Å²) >= 11 is 0. The van der Waals surface area contributed by atoms with Crippen LogP contribution in [0.4, 0.5) is 0 Å². The zero-order chi connectivity index (χ0) is 31.7. The number of rotatable bonds is 20. The van der Waals surface area contributed by atoms with E-state index < -0.39 is 9.84 Å². The number of ether oxygens (including phenoxy) is 2.